The Hall–Kier alpha value is -4.07. The molecule has 0 fully saturated rings. The lowest BCUT2D eigenvalue weighted by Crippen LogP contribution is -2.12. The van der Waals surface area contributed by atoms with E-state index in [1.165, 1.54) is 7.11 Å². The first-order valence-corrected chi connectivity index (χ1v) is 9.93. The number of rotatable bonds is 9. The quantitative estimate of drug-likeness (QED) is 0.497. The number of aliphatic carboxylic acids is 1. The Morgan fingerprint density at radius 2 is 1.75 bits per heavy atom. The highest BCUT2D eigenvalue weighted by atomic mass is 16.6. The van der Waals surface area contributed by atoms with Crippen molar-refractivity contribution in [1.82, 2.24) is 4.57 Å². The van der Waals surface area contributed by atoms with Crippen LogP contribution in [0.2, 0.25) is 0 Å². The Morgan fingerprint density at radius 1 is 1.03 bits per heavy atom. The third-order valence-corrected chi connectivity index (χ3v) is 5.01. The second kappa shape index (κ2) is 9.82. The molecule has 0 bridgehead atoms. The van der Waals surface area contributed by atoms with Gasteiger partial charge in [0, 0.05) is 16.9 Å². The Balaban J connectivity index is 2.01. The molecule has 3 N–H and O–H groups in total. The van der Waals surface area contributed by atoms with Crippen molar-refractivity contribution < 1.29 is 29.0 Å². The van der Waals surface area contributed by atoms with Crippen LogP contribution in [-0.2, 0) is 20.7 Å². The van der Waals surface area contributed by atoms with Gasteiger partial charge in [0.2, 0.25) is 5.91 Å². The Kier molecular flexibility index (Phi) is 6.94. The maximum Gasteiger partial charge on any atom is 0.343 e. The van der Waals surface area contributed by atoms with Crippen LogP contribution in [0, 0.1) is 6.92 Å². The lowest BCUT2D eigenvalue weighted by atomic mass is 10.1. The first-order valence-electron chi connectivity index (χ1n) is 9.93. The summed E-state index contributed by atoms with van der Waals surface area (Å²) in [4.78, 5) is 33.9. The zero-order valence-electron chi connectivity index (χ0n) is 17.8. The van der Waals surface area contributed by atoms with Gasteiger partial charge >= 0.3 is 11.9 Å². The van der Waals surface area contributed by atoms with E-state index < -0.39 is 17.8 Å². The summed E-state index contributed by atoms with van der Waals surface area (Å²) < 4.78 is 11.9. The number of hydrogen-bond acceptors (Lipinski definition) is 5. The minimum atomic E-state index is -0.882. The number of carboxylic acids is 1. The van der Waals surface area contributed by atoms with Gasteiger partial charge in [-0.3, -0.25) is 9.59 Å². The molecule has 1 amide bonds. The summed E-state index contributed by atoms with van der Waals surface area (Å²) in [5.41, 5.74) is 9.99. The number of aromatic nitrogens is 1. The molecule has 0 radical (unpaired) electrons. The molecular formula is C24H24N2O6. The van der Waals surface area contributed by atoms with Crippen LogP contribution in [0.5, 0.6) is 5.75 Å². The lowest BCUT2D eigenvalue weighted by Gasteiger charge is -2.17. The molecule has 0 saturated carbocycles. The number of ether oxygens (including phenoxy) is 2. The summed E-state index contributed by atoms with van der Waals surface area (Å²) in [6.45, 7) is 1.69. The van der Waals surface area contributed by atoms with Gasteiger partial charge in [0.05, 0.1) is 19.2 Å². The van der Waals surface area contributed by atoms with Gasteiger partial charge in [-0.05, 0) is 79.1 Å². The van der Waals surface area contributed by atoms with Crippen LogP contribution in [0.3, 0.4) is 0 Å². The number of benzene rings is 2. The van der Waals surface area contributed by atoms with Crippen molar-refractivity contribution in [1.29, 1.82) is 0 Å². The first-order chi connectivity index (χ1) is 15.3. The van der Waals surface area contributed by atoms with Gasteiger partial charge < -0.3 is 24.9 Å². The molecule has 0 saturated heterocycles. The van der Waals surface area contributed by atoms with E-state index in [4.69, 9.17) is 15.6 Å². The van der Waals surface area contributed by atoms with Crippen molar-refractivity contribution >= 4 is 17.8 Å². The predicted octanol–water partition coefficient (Wildman–Crippen LogP) is 3.12. The van der Waals surface area contributed by atoms with Gasteiger partial charge in [-0.2, -0.15) is 0 Å². The highest BCUT2D eigenvalue weighted by Gasteiger charge is 2.16. The number of primary amides is 1. The first kappa shape index (κ1) is 22.6. The van der Waals surface area contributed by atoms with Gasteiger partial charge in [0.1, 0.15) is 5.75 Å². The number of carboxylic acid groups (broad SMARTS) is 1. The second-order valence-corrected chi connectivity index (χ2v) is 7.19. The topological polar surface area (TPSA) is 121 Å². The van der Waals surface area contributed by atoms with E-state index in [-0.39, 0.29) is 13.0 Å². The molecule has 0 aliphatic heterocycles. The van der Waals surface area contributed by atoms with Crippen molar-refractivity contribution in [2.24, 2.45) is 5.73 Å². The monoisotopic (exact) mass is 436 g/mol. The van der Waals surface area contributed by atoms with Crippen LogP contribution in [0.4, 0.5) is 0 Å². The summed E-state index contributed by atoms with van der Waals surface area (Å²) >= 11 is 0. The largest absolute Gasteiger partial charge is 0.482 e. The SMILES string of the molecule is COC(=O)COc1ccc(-c2ccc(CCC(=O)O)n2-c2ccc(C(N)=O)cc2C)cc1. The van der Waals surface area contributed by atoms with Gasteiger partial charge in [-0.25, -0.2) is 4.79 Å². The number of nitrogens with two attached hydrogens (primary N) is 1. The number of esters is 1. The average Bonchev–Trinajstić information content (AvgIpc) is 3.19. The summed E-state index contributed by atoms with van der Waals surface area (Å²) in [7, 11) is 1.29. The highest BCUT2D eigenvalue weighted by Crippen LogP contribution is 2.30. The molecule has 0 aliphatic carbocycles. The number of carbonyl (C=O) groups is 3. The van der Waals surface area contributed by atoms with E-state index in [1.807, 2.05) is 35.8 Å². The molecule has 166 valence electrons. The maximum atomic E-state index is 11.5. The van der Waals surface area contributed by atoms with Gasteiger partial charge in [-0.1, -0.05) is 0 Å². The molecule has 2 aromatic carbocycles. The average molecular weight is 436 g/mol. The molecule has 8 nitrogen and oxygen atoms in total. The minimum Gasteiger partial charge on any atom is -0.482 e. The van der Waals surface area contributed by atoms with E-state index in [9.17, 15) is 14.4 Å². The van der Waals surface area contributed by atoms with Crippen LogP contribution in [0.25, 0.3) is 16.9 Å². The van der Waals surface area contributed by atoms with E-state index in [2.05, 4.69) is 4.74 Å². The Morgan fingerprint density at radius 3 is 2.34 bits per heavy atom. The molecular weight excluding hydrogens is 412 g/mol. The van der Waals surface area contributed by atoms with Crippen molar-refractivity contribution in [2.45, 2.75) is 19.8 Å². The maximum absolute atomic E-state index is 11.5. The number of amides is 1. The summed E-state index contributed by atoms with van der Waals surface area (Å²) in [5.74, 6) is -1.35. The fourth-order valence-corrected chi connectivity index (χ4v) is 3.40. The third-order valence-electron chi connectivity index (χ3n) is 5.01. The standard InChI is InChI=1S/C24H24N2O6/c1-15-13-17(24(25)30)5-10-20(15)26-18(7-12-22(27)28)6-11-21(26)16-3-8-19(9-4-16)32-14-23(29)31-2/h3-6,8-11,13H,7,12,14H2,1-2H3,(H2,25,30)(H,27,28). The summed E-state index contributed by atoms with van der Waals surface area (Å²) in [6, 6.07) is 16.2. The molecule has 3 aromatic rings. The molecule has 3 rings (SSSR count). The van der Waals surface area contributed by atoms with E-state index >= 15 is 0 Å². The van der Waals surface area contributed by atoms with Crippen LogP contribution in [-0.4, -0.2) is 41.2 Å². The van der Waals surface area contributed by atoms with E-state index in [0.717, 1.165) is 28.2 Å². The van der Waals surface area contributed by atoms with Crippen molar-refractivity contribution in [3.8, 4) is 22.7 Å². The number of nitrogens with zero attached hydrogens (tertiary/aromatic N) is 1. The Labute approximate surface area is 185 Å². The van der Waals surface area contributed by atoms with Gasteiger partial charge in [0.15, 0.2) is 6.61 Å². The van der Waals surface area contributed by atoms with E-state index in [1.54, 1.807) is 30.3 Å². The number of hydrogen-bond donors (Lipinski definition) is 2. The zero-order valence-corrected chi connectivity index (χ0v) is 17.8. The van der Waals surface area contributed by atoms with Crippen molar-refractivity contribution in [3.05, 3.63) is 71.4 Å². The highest BCUT2D eigenvalue weighted by molar-refractivity contribution is 5.93. The van der Waals surface area contributed by atoms with Crippen LogP contribution < -0.4 is 10.5 Å². The molecule has 0 unspecified atom stereocenters. The molecule has 32 heavy (non-hydrogen) atoms. The third kappa shape index (κ3) is 5.15. The number of methoxy groups -OCH3 is 1. The minimum absolute atomic E-state index is 0.0117. The Bertz CT molecular complexity index is 1150. The van der Waals surface area contributed by atoms with Crippen molar-refractivity contribution in [3.63, 3.8) is 0 Å². The van der Waals surface area contributed by atoms with Crippen molar-refractivity contribution in [2.75, 3.05) is 13.7 Å². The van der Waals surface area contributed by atoms with Crippen LogP contribution in [0.15, 0.2) is 54.6 Å². The fourth-order valence-electron chi connectivity index (χ4n) is 3.40. The molecule has 1 heterocycles. The normalized spacial score (nSPS) is 10.6. The number of aryl methyl sites for hydroxylation is 2. The predicted molar refractivity (Wildman–Crippen MR) is 118 cm³/mol. The van der Waals surface area contributed by atoms with Gasteiger partial charge in [0.25, 0.3) is 0 Å². The zero-order chi connectivity index (χ0) is 23.3. The molecule has 1 aromatic heterocycles. The molecule has 0 aliphatic rings. The second-order valence-electron chi connectivity index (χ2n) is 7.19. The molecule has 8 heteroatoms. The summed E-state index contributed by atoms with van der Waals surface area (Å²) in [5, 5.41) is 9.14. The summed E-state index contributed by atoms with van der Waals surface area (Å²) in [6.07, 6.45) is 0.328. The van der Waals surface area contributed by atoms with Gasteiger partial charge in [-0.15, -0.1) is 0 Å². The lowest BCUT2D eigenvalue weighted by molar-refractivity contribution is -0.143. The fraction of sp³-hybridized carbons (Fsp3) is 0.208. The van der Waals surface area contributed by atoms with Crippen LogP contribution in [0.1, 0.15) is 28.0 Å². The van der Waals surface area contributed by atoms with Crippen LogP contribution >= 0.6 is 0 Å². The smallest absolute Gasteiger partial charge is 0.343 e. The molecule has 0 spiro atoms. The van der Waals surface area contributed by atoms with E-state index in [0.29, 0.717) is 17.7 Å². The molecule has 0 atom stereocenters. The number of carbonyl (C=O) groups excluding carboxylic acids is 2.